The number of hydrogen-bond acceptors (Lipinski definition) is 3. The molecule has 4 rings (SSSR count). The van der Waals surface area contributed by atoms with Gasteiger partial charge in [-0.05, 0) is 43.0 Å². The minimum absolute atomic E-state index is 0.240. The SMILES string of the molecule is Cn1c(C(=O)Nc2cccnc2C(=O)NCC2CCC2)cc2ccccc21. The van der Waals surface area contributed by atoms with Gasteiger partial charge in [0.2, 0.25) is 0 Å². The van der Waals surface area contributed by atoms with Crippen LogP contribution in [0.5, 0.6) is 0 Å². The molecule has 0 saturated heterocycles. The van der Waals surface area contributed by atoms with Crippen molar-refractivity contribution in [2.75, 3.05) is 11.9 Å². The number of amides is 2. The molecule has 0 spiro atoms. The molecule has 6 nitrogen and oxygen atoms in total. The molecule has 0 aliphatic heterocycles. The maximum Gasteiger partial charge on any atom is 0.272 e. The zero-order valence-electron chi connectivity index (χ0n) is 15.2. The van der Waals surface area contributed by atoms with Gasteiger partial charge in [-0.2, -0.15) is 0 Å². The van der Waals surface area contributed by atoms with Gasteiger partial charge in [0.05, 0.1) is 5.69 Å². The van der Waals surface area contributed by atoms with Gasteiger partial charge in [-0.1, -0.05) is 24.6 Å². The molecule has 2 N–H and O–H groups in total. The van der Waals surface area contributed by atoms with Gasteiger partial charge in [-0.15, -0.1) is 0 Å². The number of fused-ring (bicyclic) bond motifs is 1. The number of para-hydroxylation sites is 1. The minimum atomic E-state index is -0.269. The van der Waals surface area contributed by atoms with Gasteiger partial charge in [0.25, 0.3) is 11.8 Å². The van der Waals surface area contributed by atoms with Crippen molar-refractivity contribution >= 4 is 28.4 Å². The Balaban J connectivity index is 1.54. The maximum atomic E-state index is 12.8. The van der Waals surface area contributed by atoms with Crippen LogP contribution in [0.2, 0.25) is 0 Å². The summed E-state index contributed by atoms with van der Waals surface area (Å²) >= 11 is 0. The average Bonchev–Trinajstić information content (AvgIpc) is 2.98. The summed E-state index contributed by atoms with van der Waals surface area (Å²) in [5.74, 6) is 0.0380. The molecule has 1 aliphatic carbocycles. The first-order chi connectivity index (χ1) is 13.1. The first-order valence-electron chi connectivity index (χ1n) is 9.22. The largest absolute Gasteiger partial charge is 0.350 e. The van der Waals surface area contributed by atoms with Crippen LogP contribution in [0.25, 0.3) is 10.9 Å². The van der Waals surface area contributed by atoms with Crippen molar-refractivity contribution in [1.29, 1.82) is 0 Å². The molecule has 1 aromatic carbocycles. The van der Waals surface area contributed by atoms with Gasteiger partial charge < -0.3 is 15.2 Å². The lowest BCUT2D eigenvalue weighted by atomic mass is 9.85. The lowest BCUT2D eigenvalue weighted by Gasteiger charge is -2.25. The number of nitrogens with one attached hydrogen (secondary N) is 2. The fourth-order valence-corrected chi connectivity index (χ4v) is 3.40. The molecule has 1 saturated carbocycles. The molecule has 6 heteroatoms. The second-order valence-electron chi connectivity index (χ2n) is 7.01. The predicted octanol–water partition coefficient (Wildman–Crippen LogP) is 3.36. The van der Waals surface area contributed by atoms with E-state index in [1.807, 2.05) is 41.9 Å². The number of hydrogen-bond donors (Lipinski definition) is 2. The summed E-state index contributed by atoms with van der Waals surface area (Å²) in [6.07, 6.45) is 5.11. The number of aromatic nitrogens is 2. The van der Waals surface area contributed by atoms with E-state index in [9.17, 15) is 9.59 Å². The Bertz CT molecular complexity index is 1000. The number of nitrogens with zero attached hydrogens (tertiary/aromatic N) is 2. The van der Waals surface area contributed by atoms with E-state index in [0.29, 0.717) is 23.8 Å². The summed E-state index contributed by atoms with van der Waals surface area (Å²) < 4.78 is 1.84. The third-order valence-electron chi connectivity index (χ3n) is 5.23. The third kappa shape index (κ3) is 3.43. The highest BCUT2D eigenvalue weighted by molar-refractivity contribution is 6.09. The van der Waals surface area contributed by atoms with Crippen LogP contribution in [0.1, 0.15) is 40.2 Å². The fraction of sp³-hybridized carbons (Fsp3) is 0.286. The first kappa shape index (κ1) is 17.3. The quantitative estimate of drug-likeness (QED) is 0.731. The zero-order valence-corrected chi connectivity index (χ0v) is 15.2. The van der Waals surface area contributed by atoms with Crippen molar-refractivity contribution in [3.63, 3.8) is 0 Å². The standard InChI is InChI=1S/C21H22N4O2/c1-25-17-10-3-2-8-15(17)12-18(25)20(26)24-16-9-5-11-22-19(16)21(27)23-13-14-6-4-7-14/h2-3,5,8-12,14H,4,6-7,13H2,1H3,(H,23,27)(H,24,26). The smallest absolute Gasteiger partial charge is 0.272 e. The number of anilines is 1. The predicted molar refractivity (Wildman–Crippen MR) is 105 cm³/mol. The molecular formula is C21H22N4O2. The monoisotopic (exact) mass is 362 g/mol. The Labute approximate surface area is 157 Å². The van der Waals surface area contributed by atoms with Crippen molar-refractivity contribution < 1.29 is 9.59 Å². The van der Waals surface area contributed by atoms with Gasteiger partial charge in [-0.3, -0.25) is 9.59 Å². The molecule has 2 amide bonds. The maximum absolute atomic E-state index is 12.8. The number of carbonyl (C=O) groups is 2. The molecule has 0 atom stereocenters. The minimum Gasteiger partial charge on any atom is -0.350 e. The molecule has 0 radical (unpaired) electrons. The summed E-state index contributed by atoms with van der Waals surface area (Å²) in [6.45, 7) is 0.659. The van der Waals surface area contributed by atoms with Crippen LogP contribution < -0.4 is 10.6 Å². The van der Waals surface area contributed by atoms with Crippen molar-refractivity contribution in [3.05, 3.63) is 60.0 Å². The van der Waals surface area contributed by atoms with Crippen molar-refractivity contribution in [1.82, 2.24) is 14.9 Å². The molecule has 0 unspecified atom stereocenters. The van der Waals surface area contributed by atoms with Gasteiger partial charge in [0.15, 0.2) is 5.69 Å². The van der Waals surface area contributed by atoms with E-state index in [1.54, 1.807) is 18.3 Å². The van der Waals surface area contributed by atoms with E-state index in [0.717, 1.165) is 23.7 Å². The van der Waals surface area contributed by atoms with Crippen LogP contribution in [0.15, 0.2) is 48.7 Å². The summed E-state index contributed by atoms with van der Waals surface area (Å²) in [4.78, 5) is 29.5. The van der Waals surface area contributed by atoms with E-state index in [4.69, 9.17) is 0 Å². The highest BCUT2D eigenvalue weighted by Crippen LogP contribution is 2.25. The Morgan fingerprint density at radius 3 is 2.70 bits per heavy atom. The second-order valence-corrected chi connectivity index (χ2v) is 7.01. The van der Waals surface area contributed by atoms with Crippen molar-refractivity contribution in [3.8, 4) is 0 Å². The lowest BCUT2D eigenvalue weighted by Crippen LogP contribution is -2.33. The number of aryl methyl sites for hydroxylation is 1. The third-order valence-corrected chi connectivity index (χ3v) is 5.23. The van der Waals surface area contributed by atoms with Crippen LogP contribution in [0.3, 0.4) is 0 Å². The number of benzene rings is 1. The molecule has 0 bridgehead atoms. The van der Waals surface area contributed by atoms with Gasteiger partial charge in [0, 0.05) is 30.7 Å². The molecule has 27 heavy (non-hydrogen) atoms. The highest BCUT2D eigenvalue weighted by atomic mass is 16.2. The summed E-state index contributed by atoms with van der Waals surface area (Å²) in [5.41, 5.74) is 2.16. The van der Waals surface area contributed by atoms with Crippen LogP contribution in [-0.2, 0) is 7.05 Å². The van der Waals surface area contributed by atoms with E-state index in [1.165, 1.54) is 6.42 Å². The normalized spacial score (nSPS) is 14.0. The molecule has 3 aromatic rings. The Kier molecular flexibility index (Phi) is 4.62. The average molecular weight is 362 g/mol. The van der Waals surface area contributed by atoms with E-state index < -0.39 is 0 Å². The number of rotatable bonds is 5. The van der Waals surface area contributed by atoms with Crippen LogP contribution in [-0.4, -0.2) is 27.9 Å². The summed E-state index contributed by atoms with van der Waals surface area (Å²) in [6, 6.07) is 13.1. The van der Waals surface area contributed by atoms with Gasteiger partial charge in [0.1, 0.15) is 5.69 Å². The topological polar surface area (TPSA) is 76.0 Å². The van der Waals surface area contributed by atoms with Gasteiger partial charge in [-0.25, -0.2) is 4.98 Å². The lowest BCUT2D eigenvalue weighted by molar-refractivity contribution is 0.0935. The summed E-state index contributed by atoms with van der Waals surface area (Å²) in [7, 11) is 1.85. The number of pyridine rings is 1. The van der Waals surface area contributed by atoms with E-state index in [-0.39, 0.29) is 17.5 Å². The van der Waals surface area contributed by atoms with Crippen LogP contribution in [0, 0.1) is 5.92 Å². The highest BCUT2D eigenvalue weighted by Gasteiger charge is 2.21. The number of carbonyl (C=O) groups excluding carboxylic acids is 2. The molecule has 2 aromatic heterocycles. The van der Waals surface area contributed by atoms with Crippen molar-refractivity contribution in [2.45, 2.75) is 19.3 Å². The molecule has 2 heterocycles. The molecule has 1 fully saturated rings. The Morgan fingerprint density at radius 1 is 1.15 bits per heavy atom. The first-order valence-corrected chi connectivity index (χ1v) is 9.22. The van der Waals surface area contributed by atoms with Crippen LogP contribution >= 0.6 is 0 Å². The van der Waals surface area contributed by atoms with E-state index in [2.05, 4.69) is 15.6 Å². The molecular weight excluding hydrogens is 340 g/mol. The summed E-state index contributed by atoms with van der Waals surface area (Å²) in [5, 5.41) is 6.77. The van der Waals surface area contributed by atoms with E-state index >= 15 is 0 Å². The zero-order chi connectivity index (χ0) is 18.8. The van der Waals surface area contributed by atoms with Crippen molar-refractivity contribution in [2.24, 2.45) is 13.0 Å². The second kappa shape index (κ2) is 7.23. The fourth-order valence-electron chi connectivity index (χ4n) is 3.40. The Morgan fingerprint density at radius 2 is 1.96 bits per heavy atom. The molecule has 138 valence electrons. The van der Waals surface area contributed by atoms with Crippen LogP contribution in [0.4, 0.5) is 5.69 Å². The van der Waals surface area contributed by atoms with Gasteiger partial charge >= 0.3 is 0 Å². The Hall–Kier alpha value is -3.15. The molecule has 1 aliphatic rings.